The normalized spacial score (nSPS) is 31.1. The number of ether oxygens (including phenoxy) is 1. The van der Waals surface area contributed by atoms with Crippen LogP contribution in [0.4, 0.5) is 4.39 Å². The molecule has 0 aromatic carbocycles. The lowest BCUT2D eigenvalue weighted by atomic mass is 10.1. The minimum Gasteiger partial charge on any atom is -0.394 e. The molecule has 0 radical (unpaired) electrons. The Kier molecular flexibility index (Phi) is 2.81. The third-order valence-electron chi connectivity index (χ3n) is 3.16. The monoisotopic (exact) mass is 269 g/mol. The number of halogens is 1. The number of nitrogens with zero attached hydrogens (tertiary/aromatic N) is 3. The summed E-state index contributed by atoms with van der Waals surface area (Å²) in [5.74, 6) is 0. The number of fused-ring (bicyclic) bond motifs is 1. The van der Waals surface area contributed by atoms with E-state index in [1.807, 2.05) is 0 Å². The quantitative estimate of drug-likeness (QED) is 0.547. The van der Waals surface area contributed by atoms with Gasteiger partial charge in [0.1, 0.15) is 24.1 Å². The summed E-state index contributed by atoms with van der Waals surface area (Å²) in [7, 11) is 0. The minimum atomic E-state index is -1.71. The fraction of sp³-hybridized carbons (Fsp3) is 0.500. The van der Waals surface area contributed by atoms with E-state index < -0.39 is 31.2 Å². The van der Waals surface area contributed by atoms with Crippen LogP contribution in [0.25, 0.3) is 11.2 Å². The molecule has 0 saturated carbocycles. The Morgan fingerprint density at radius 3 is 3.00 bits per heavy atom. The van der Waals surface area contributed by atoms with Gasteiger partial charge in [-0.3, -0.25) is 9.98 Å². The highest BCUT2D eigenvalue weighted by Crippen LogP contribution is 2.30. The maximum absolute atomic E-state index is 13.7. The molecule has 0 amide bonds. The molecule has 3 heterocycles. The van der Waals surface area contributed by atoms with Crippen molar-refractivity contribution in [2.45, 2.75) is 24.6 Å². The van der Waals surface area contributed by atoms with Gasteiger partial charge in [0, 0.05) is 0 Å². The van der Waals surface area contributed by atoms with Gasteiger partial charge in [-0.1, -0.05) is 0 Å². The van der Waals surface area contributed by atoms with Crippen LogP contribution in [0.15, 0.2) is 12.7 Å². The predicted molar refractivity (Wildman–Crippen MR) is 59.6 cm³/mol. The highest BCUT2D eigenvalue weighted by atomic mass is 19.1. The summed E-state index contributed by atoms with van der Waals surface area (Å²) in [6.45, 7) is -0.539. The summed E-state index contributed by atoms with van der Waals surface area (Å²) in [6, 6.07) is 0. The van der Waals surface area contributed by atoms with E-state index in [2.05, 4.69) is 15.0 Å². The summed E-state index contributed by atoms with van der Waals surface area (Å²) < 4.78 is 20.1. The van der Waals surface area contributed by atoms with Crippen molar-refractivity contribution in [3.8, 4) is 0 Å². The average molecular weight is 269 g/mol. The van der Waals surface area contributed by atoms with Crippen molar-refractivity contribution in [3.63, 3.8) is 0 Å². The third-order valence-corrected chi connectivity index (χ3v) is 3.16. The number of imidazole rings is 1. The second-order valence-corrected chi connectivity index (χ2v) is 4.28. The van der Waals surface area contributed by atoms with E-state index in [9.17, 15) is 9.50 Å². The SMILES string of the molecule is N=c1c2[nH]cnc2ncn1[C@@H]1O[C@H](CO)[C@H](F)[C@H]1O. The first kappa shape index (κ1) is 12.2. The van der Waals surface area contributed by atoms with E-state index >= 15 is 0 Å². The van der Waals surface area contributed by atoms with Crippen LogP contribution < -0.4 is 5.49 Å². The lowest BCUT2D eigenvalue weighted by Gasteiger charge is -2.17. The molecule has 9 heteroatoms. The number of alkyl halides is 1. The zero-order valence-corrected chi connectivity index (χ0v) is 9.69. The van der Waals surface area contributed by atoms with Crippen LogP contribution >= 0.6 is 0 Å². The maximum atomic E-state index is 13.7. The molecule has 0 spiro atoms. The van der Waals surface area contributed by atoms with Gasteiger partial charge in [-0.15, -0.1) is 0 Å². The summed E-state index contributed by atoms with van der Waals surface area (Å²) >= 11 is 0. The van der Waals surface area contributed by atoms with Crippen molar-refractivity contribution in [1.82, 2.24) is 19.5 Å². The molecule has 0 aliphatic carbocycles. The Labute approximate surface area is 106 Å². The molecule has 1 aliphatic heterocycles. The van der Waals surface area contributed by atoms with Crippen molar-refractivity contribution in [1.29, 1.82) is 5.41 Å². The molecule has 3 rings (SSSR count). The van der Waals surface area contributed by atoms with Crippen molar-refractivity contribution >= 4 is 11.2 Å². The van der Waals surface area contributed by atoms with E-state index in [0.29, 0.717) is 11.2 Å². The summed E-state index contributed by atoms with van der Waals surface area (Å²) in [5, 5.41) is 26.7. The Bertz CT molecular complexity index is 656. The number of aliphatic hydroxyl groups is 2. The van der Waals surface area contributed by atoms with Crippen molar-refractivity contribution in [3.05, 3.63) is 18.1 Å². The first-order valence-corrected chi connectivity index (χ1v) is 5.66. The van der Waals surface area contributed by atoms with Crippen LogP contribution in [0.2, 0.25) is 0 Å². The zero-order valence-electron chi connectivity index (χ0n) is 9.69. The van der Waals surface area contributed by atoms with Gasteiger partial charge in [0.2, 0.25) is 0 Å². The molecular formula is C10H12FN5O3. The summed E-state index contributed by atoms with van der Waals surface area (Å²) in [4.78, 5) is 10.6. The van der Waals surface area contributed by atoms with Gasteiger partial charge < -0.3 is 19.9 Å². The molecule has 0 unspecified atom stereocenters. The van der Waals surface area contributed by atoms with Gasteiger partial charge in [-0.2, -0.15) is 0 Å². The lowest BCUT2D eigenvalue weighted by Crippen LogP contribution is -2.33. The molecule has 1 aliphatic rings. The van der Waals surface area contributed by atoms with Crippen LogP contribution in [0, 0.1) is 5.41 Å². The maximum Gasteiger partial charge on any atom is 0.182 e. The highest BCUT2D eigenvalue weighted by molar-refractivity contribution is 5.67. The lowest BCUT2D eigenvalue weighted by molar-refractivity contribution is -0.0539. The van der Waals surface area contributed by atoms with E-state index in [0.717, 1.165) is 0 Å². The Morgan fingerprint density at radius 2 is 2.32 bits per heavy atom. The molecule has 2 aromatic rings. The summed E-state index contributed by atoms with van der Waals surface area (Å²) in [6.07, 6.45) is -2.73. The Balaban J connectivity index is 2.05. The number of rotatable bonds is 2. The molecule has 1 fully saturated rings. The van der Waals surface area contributed by atoms with Gasteiger partial charge in [-0.25, -0.2) is 14.4 Å². The van der Waals surface area contributed by atoms with Crippen LogP contribution in [0.3, 0.4) is 0 Å². The number of hydrogen-bond acceptors (Lipinski definition) is 6. The smallest absolute Gasteiger partial charge is 0.182 e. The average Bonchev–Trinajstić information content (AvgIpc) is 2.98. The Hall–Kier alpha value is -1.84. The molecule has 102 valence electrons. The van der Waals surface area contributed by atoms with Crippen molar-refractivity contribution in [2.75, 3.05) is 6.61 Å². The van der Waals surface area contributed by atoms with Gasteiger partial charge in [0.05, 0.1) is 12.9 Å². The number of aliphatic hydroxyl groups excluding tert-OH is 2. The number of nitrogens with one attached hydrogen (secondary N) is 2. The second-order valence-electron chi connectivity index (χ2n) is 4.28. The van der Waals surface area contributed by atoms with Gasteiger partial charge >= 0.3 is 0 Å². The summed E-state index contributed by atoms with van der Waals surface area (Å²) in [5.41, 5.74) is 0.683. The molecule has 8 nitrogen and oxygen atoms in total. The molecule has 2 aromatic heterocycles. The molecular weight excluding hydrogens is 257 g/mol. The molecule has 0 bridgehead atoms. The number of aromatic nitrogens is 4. The first-order valence-electron chi connectivity index (χ1n) is 5.66. The Morgan fingerprint density at radius 1 is 1.53 bits per heavy atom. The molecule has 4 atom stereocenters. The fourth-order valence-corrected chi connectivity index (χ4v) is 2.14. The van der Waals surface area contributed by atoms with Crippen LogP contribution in [0.1, 0.15) is 6.23 Å². The van der Waals surface area contributed by atoms with Crippen molar-refractivity contribution in [2.24, 2.45) is 0 Å². The standard InChI is InChI=1S/C10H12FN5O3/c11-5-4(1-17)19-10(7(5)18)16-3-15-9-6(8(16)12)13-2-14-9/h2-5,7,10,12,17-18H,1H2,(H,13,14)/t4-,5+,7-,10-/m1/s1. The van der Waals surface area contributed by atoms with E-state index in [1.54, 1.807) is 0 Å². The van der Waals surface area contributed by atoms with Gasteiger partial charge in [0.25, 0.3) is 0 Å². The third kappa shape index (κ3) is 1.74. The van der Waals surface area contributed by atoms with E-state index in [1.165, 1.54) is 17.2 Å². The van der Waals surface area contributed by atoms with E-state index in [4.69, 9.17) is 15.3 Å². The van der Waals surface area contributed by atoms with Crippen LogP contribution in [-0.2, 0) is 4.74 Å². The minimum absolute atomic E-state index is 0.0302. The highest BCUT2D eigenvalue weighted by Gasteiger charge is 2.45. The fourth-order valence-electron chi connectivity index (χ4n) is 2.14. The number of aromatic amines is 1. The number of hydrogen-bond donors (Lipinski definition) is 4. The second kappa shape index (κ2) is 4.37. The first-order chi connectivity index (χ1) is 9.13. The topological polar surface area (TPSA) is 120 Å². The zero-order chi connectivity index (χ0) is 13.6. The van der Waals surface area contributed by atoms with E-state index in [-0.39, 0.29) is 5.49 Å². The number of H-pyrrole nitrogens is 1. The van der Waals surface area contributed by atoms with Gasteiger partial charge in [0.15, 0.2) is 23.5 Å². The largest absolute Gasteiger partial charge is 0.394 e. The predicted octanol–water partition coefficient (Wildman–Crippen LogP) is -1.17. The molecule has 4 N–H and O–H groups in total. The van der Waals surface area contributed by atoms with Crippen LogP contribution in [0.5, 0.6) is 0 Å². The van der Waals surface area contributed by atoms with Gasteiger partial charge in [-0.05, 0) is 0 Å². The molecule has 19 heavy (non-hydrogen) atoms. The van der Waals surface area contributed by atoms with Crippen LogP contribution in [-0.4, -0.2) is 54.7 Å². The molecule has 1 saturated heterocycles. The van der Waals surface area contributed by atoms with Crippen molar-refractivity contribution < 1.29 is 19.3 Å².